The smallest absolute Gasteiger partial charge is 0.320 e. The van der Waals surface area contributed by atoms with Crippen molar-refractivity contribution in [2.24, 2.45) is 11.7 Å². The zero-order valence-corrected chi connectivity index (χ0v) is 6.07. The molecule has 4 heteroatoms. The maximum atomic E-state index is 11.8. The highest BCUT2D eigenvalue weighted by Crippen LogP contribution is 2.24. The van der Waals surface area contributed by atoms with E-state index < -0.39 is 18.1 Å². The summed E-state index contributed by atoms with van der Waals surface area (Å²) in [5.41, 5.74) is 4.88. The van der Waals surface area contributed by atoms with E-state index in [4.69, 9.17) is 5.73 Å². The molecule has 0 saturated carbocycles. The summed E-state index contributed by atoms with van der Waals surface area (Å²) >= 11 is 0. The first-order valence-corrected chi connectivity index (χ1v) is 3.21. The molecule has 0 saturated heterocycles. The van der Waals surface area contributed by atoms with Crippen molar-refractivity contribution in [2.75, 3.05) is 0 Å². The van der Waals surface area contributed by atoms with Gasteiger partial charge in [-0.2, -0.15) is 13.2 Å². The van der Waals surface area contributed by atoms with Gasteiger partial charge in [-0.25, -0.2) is 0 Å². The molecule has 0 heterocycles. The molecule has 1 nitrogen and oxygen atoms in total. The van der Waals surface area contributed by atoms with E-state index in [1.54, 1.807) is 6.92 Å². The molecule has 0 radical (unpaired) electrons. The second-order valence-electron chi connectivity index (χ2n) is 2.45. The molecule has 62 valence electrons. The molecule has 0 unspecified atom stereocenters. The van der Waals surface area contributed by atoms with E-state index in [0.717, 1.165) is 0 Å². The summed E-state index contributed by atoms with van der Waals surface area (Å²) in [5.74, 6) is -0.486. The summed E-state index contributed by atoms with van der Waals surface area (Å²) in [6.07, 6.45) is -3.78. The van der Waals surface area contributed by atoms with Crippen LogP contribution in [0, 0.1) is 5.92 Å². The van der Waals surface area contributed by atoms with Gasteiger partial charge in [0.15, 0.2) is 0 Å². The van der Waals surface area contributed by atoms with Crippen LogP contribution in [0.1, 0.15) is 20.3 Å². The molecule has 0 aromatic carbocycles. The lowest BCUT2D eigenvalue weighted by Crippen LogP contribution is -2.42. The molecular weight excluding hydrogens is 143 g/mol. The van der Waals surface area contributed by atoms with Gasteiger partial charge in [0, 0.05) is 0 Å². The van der Waals surface area contributed by atoms with Gasteiger partial charge in [0.05, 0.1) is 0 Å². The quantitative estimate of drug-likeness (QED) is 0.647. The Morgan fingerprint density at radius 3 is 1.90 bits per heavy atom. The van der Waals surface area contributed by atoms with Gasteiger partial charge in [-0.05, 0) is 5.92 Å². The molecule has 0 aliphatic heterocycles. The monoisotopic (exact) mass is 155 g/mol. The number of rotatable bonds is 2. The first kappa shape index (κ1) is 9.75. The SMILES string of the molecule is CC[C@H](C)[C@H](N)C(F)(F)F. The second kappa shape index (κ2) is 3.23. The first-order valence-electron chi connectivity index (χ1n) is 3.21. The Bertz CT molecular complexity index is 99.7. The van der Waals surface area contributed by atoms with Gasteiger partial charge in [0.25, 0.3) is 0 Å². The molecule has 0 amide bonds. The molecule has 0 aliphatic carbocycles. The van der Waals surface area contributed by atoms with Gasteiger partial charge in [-0.1, -0.05) is 20.3 Å². The standard InChI is InChI=1S/C6H12F3N/c1-3-4(2)5(10)6(7,8)9/h4-5H,3,10H2,1-2H3/t4-,5-/m0/s1. The Balaban J connectivity index is 3.94. The van der Waals surface area contributed by atoms with Crippen LogP contribution in [0.4, 0.5) is 13.2 Å². The summed E-state index contributed by atoms with van der Waals surface area (Å²) in [6.45, 7) is 3.19. The maximum Gasteiger partial charge on any atom is 0.403 e. The zero-order valence-electron chi connectivity index (χ0n) is 6.07. The number of hydrogen-bond acceptors (Lipinski definition) is 1. The molecule has 0 spiro atoms. The van der Waals surface area contributed by atoms with Crippen molar-refractivity contribution in [1.82, 2.24) is 0 Å². The van der Waals surface area contributed by atoms with Crippen LogP contribution in [0.25, 0.3) is 0 Å². The lowest BCUT2D eigenvalue weighted by molar-refractivity contribution is -0.157. The van der Waals surface area contributed by atoms with Crippen molar-refractivity contribution in [2.45, 2.75) is 32.5 Å². The zero-order chi connectivity index (χ0) is 8.36. The van der Waals surface area contributed by atoms with E-state index >= 15 is 0 Å². The van der Waals surface area contributed by atoms with Gasteiger partial charge in [0.1, 0.15) is 6.04 Å². The van der Waals surface area contributed by atoms with Gasteiger partial charge >= 0.3 is 6.18 Å². The largest absolute Gasteiger partial charge is 0.403 e. The van der Waals surface area contributed by atoms with Crippen LogP contribution < -0.4 is 5.73 Å². The minimum absolute atomic E-state index is 0.459. The summed E-state index contributed by atoms with van der Waals surface area (Å²) in [4.78, 5) is 0. The highest BCUT2D eigenvalue weighted by atomic mass is 19.4. The number of nitrogens with two attached hydrogens (primary N) is 1. The normalized spacial score (nSPS) is 18.6. The Labute approximate surface area is 58.4 Å². The Morgan fingerprint density at radius 2 is 1.80 bits per heavy atom. The first-order chi connectivity index (χ1) is 4.39. The van der Waals surface area contributed by atoms with Crippen LogP contribution in [0.15, 0.2) is 0 Å². The van der Waals surface area contributed by atoms with Crippen LogP contribution >= 0.6 is 0 Å². The molecule has 0 bridgehead atoms. The van der Waals surface area contributed by atoms with Crippen LogP contribution in [0.3, 0.4) is 0 Å². The molecule has 10 heavy (non-hydrogen) atoms. The van der Waals surface area contributed by atoms with Crippen LogP contribution in [0.2, 0.25) is 0 Å². The van der Waals surface area contributed by atoms with E-state index in [0.29, 0.717) is 6.42 Å². The number of alkyl halides is 3. The fourth-order valence-corrected chi connectivity index (χ4v) is 0.577. The van der Waals surface area contributed by atoms with Gasteiger partial charge in [-0.3, -0.25) is 0 Å². The Morgan fingerprint density at radius 1 is 1.40 bits per heavy atom. The minimum Gasteiger partial charge on any atom is -0.320 e. The topological polar surface area (TPSA) is 26.0 Å². The molecule has 0 aromatic heterocycles. The second-order valence-corrected chi connectivity index (χ2v) is 2.45. The fraction of sp³-hybridized carbons (Fsp3) is 1.00. The molecule has 0 aliphatic rings. The van der Waals surface area contributed by atoms with E-state index in [1.165, 1.54) is 6.92 Å². The van der Waals surface area contributed by atoms with Crippen LogP contribution in [-0.4, -0.2) is 12.2 Å². The molecule has 2 N–H and O–H groups in total. The summed E-state index contributed by atoms with van der Waals surface area (Å²) in [7, 11) is 0. The van der Waals surface area contributed by atoms with Crippen molar-refractivity contribution in [3.05, 3.63) is 0 Å². The molecule has 2 atom stereocenters. The molecular formula is C6H12F3N. The number of halogens is 3. The van der Waals surface area contributed by atoms with E-state index in [9.17, 15) is 13.2 Å². The van der Waals surface area contributed by atoms with Gasteiger partial charge < -0.3 is 5.73 Å². The third-order valence-electron chi connectivity index (χ3n) is 1.63. The summed E-state index contributed by atoms with van der Waals surface area (Å²) in [6, 6.07) is -1.67. The Hall–Kier alpha value is -0.250. The fourth-order valence-electron chi connectivity index (χ4n) is 0.577. The molecule has 0 fully saturated rings. The van der Waals surface area contributed by atoms with Gasteiger partial charge in [-0.15, -0.1) is 0 Å². The van der Waals surface area contributed by atoms with E-state index in [2.05, 4.69) is 0 Å². The van der Waals surface area contributed by atoms with Crippen LogP contribution in [-0.2, 0) is 0 Å². The highest BCUT2D eigenvalue weighted by molar-refractivity contribution is 4.75. The summed E-state index contributed by atoms with van der Waals surface area (Å²) < 4.78 is 35.3. The minimum atomic E-state index is -4.24. The molecule has 0 aromatic rings. The Kier molecular flexibility index (Phi) is 3.15. The van der Waals surface area contributed by atoms with Gasteiger partial charge in [0.2, 0.25) is 0 Å². The lowest BCUT2D eigenvalue weighted by Gasteiger charge is -2.20. The lowest BCUT2D eigenvalue weighted by atomic mass is 10.00. The van der Waals surface area contributed by atoms with E-state index in [-0.39, 0.29) is 0 Å². The average molecular weight is 155 g/mol. The van der Waals surface area contributed by atoms with Crippen molar-refractivity contribution in [1.29, 1.82) is 0 Å². The average Bonchev–Trinajstić information content (AvgIpc) is 1.83. The number of hydrogen-bond donors (Lipinski definition) is 1. The van der Waals surface area contributed by atoms with Crippen LogP contribution in [0.5, 0.6) is 0 Å². The summed E-state index contributed by atoms with van der Waals surface area (Å²) in [5, 5.41) is 0. The third kappa shape index (κ3) is 2.56. The van der Waals surface area contributed by atoms with Crippen molar-refractivity contribution in [3.8, 4) is 0 Å². The van der Waals surface area contributed by atoms with Crippen molar-refractivity contribution in [3.63, 3.8) is 0 Å². The predicted molar refractivity (Wildman–Crippen MR) is 33.5 cm³/mol. The third-order valence-corrected chi connectivity index (χ3v) is 1.63. The maximum absolute atomic E-state index is 11.8. The van der Waals surface area contributed by atoms with E-state index in [1.807, 2.05) is 0 Å². The van der Waals surface area contributed by atoms with Crippen molar-refractivity contribution < 1.29 is 13.2 Å². The van der Waals surface area contributed by atoms with Crippen molar-refractivity contribution >= 4 is 0 Å². The predicted octanol–water partition coefficient (Wildman–Crippen LogP) is 1.92. The molecule has 0 rings (SSSR count). The highest BCUT2D eigenvalue weighted by Gasteiger charge is 2.39.